The van der Waals surface area contributed by atoms with Gasteiger partial charge in [0.05, 0.1) is 0 Å². The fraction of sp³-hybridized carbons (Fsp3) is 0.133. The summed E-state index contributed by atoms with van der Waals surface area (Å²) in [7, 11) is 0. The van der Waals surface area contributed by atoms with Crippen molar-refractivity contribution in [1.82, 2.24) is 0 Å². The van der Waals surface area contributed by atoms with Crippen molar-refractivity contribution in [1.29, 1.82) is 0 Å². The van der Waals surface area contributed by atoms with E-state index in [2.05, 4.69) is 85.8 Å². The van der Waals surface area contributed by atoms with Crippen molar-refractivity contribution in [3.05, 3.63) is 123 Å². The van der Waals surface area contributed by atoms with Crippen molar-refractivity contribution in [2.24, 2.45) is 0 Å². The minimum absolute atomic E-state index is 0.323. The van der Waals surface area contributed by atoms with E-state index >= 15 is 0 Å². The van der Waals surface area contributed by atoms with Crippen LogP contribution in [0.15, 0.2) is 90.5 Å². The highest BCUT2D eigenvalue weighted by atomic mass is 35.5. The van der Waals surface area contributed by atoms with Gasteiger partial charge in [-0.3, -0.25) is 0 Å². The smallest absolute Gasteiger partial charge is 0.0412 e. The molecule has 0 radical (unpaired) electrons. The van der Waals surface area contributed by atoms with Gasteiger partial charge in [0.1, 0.15) is 0 Å². The van der Waals surface area contributed by atoms with Gasteiger partial charge >= 0.3 is 0 Å². The Morgan fingerprint density at radius 3 is 2.35 bits per heavy atom. The number of halogens is 1. The Bertz CT molecular complexity index is 1360. The van der Waals surface area contributed by atoms with Gasteiger partial charge in [0, 0.05) is 10.9 Å². The van der Waals surface area contributed by atoms with Crippen molar-refractivity contribution in [3.8, 4) is 22.3 Å². The number of benzene rings is 4. The zero-order valence-electron chi connectivity index (χ0n) is 17.5. The molecule has 0 nitrogen and oxygen atoms in total. The maximum absolute atomic E-state index is 6.32. The van der Waals surface area contributed by atoms with E-state index in [4.69, 9.17) is 11.6 Å². The Hall–Kier alpha value is -3.09. The largest absolute Gasteiger partial charge is 0.0843 e. The van der Waals surface area contributed by atoms with Gasteiger partial charge in [0.2, 0.25) is 0 Å². The lowest BCUT2D eigenvalue weighted by atomic mass is 9.82. The lowest BCUT2D eigenvalue weighted by Crippen LogP contribution is -2.05. The quantitative estimate of drug-likeness (QED) is 0.275. The molecule has 2 aliphatic rings. The van der Waals surface area contributed by atoms with E-state index < -0.39 is 0 Å². The fourth-order valence-electron chi connectivity index (χ4n) is 5.50. The zero-order valence-corrected chi connectivity index (χ0v) is 18.3. The van der Waals surface area contributed by atoms with Gasteiger partial charge in [-0.05, 0) is 75.0 Å². The molecule has 4 aromatic rings. The second-order valence-corrected chi connectivity index (χ2v) is 8.97. The molecule has 1 atom stereocenters. The average Bonchev–Trinajstić information content (AvgIpc) is 3.37. The first-order valence-electron chi connectivity index (χ1n) is 11.0. The molecule has 0 heterocycles. The number of allylic oxidation sites excluding steroid dienone is 1. The van der Waals surface area contributed by atoms with E-state index in [1.165, 1.54) is 55.6 Å². The Labute approximate surface area is 188 Å². The Morgan fingerprint density at radius 1 is 0.774 bits per heavy atom. The van der Waals surface area contributed by atoms with Crippen LogP contribution in [0, 0.1) is 0 Å². The SMILES string of the molecule is CCC1=Cc2c(-c3cccc(Cl)c3)cccc2C1c1cccc2c1Cc1ccccc1-2. The molecular weight excluding hydrogens is 396 g/mol. The molecule has 0 N–H and O–H groups in total. The molecule has 0 bridgehead atoms. The summed E-state index contributed by atoms with van der Waals surface area (Å²) >= 11 is 6.32. The third-order valence-electron chi connectivity index (χ3n) is 6.89. The van der Waals surface area contributed by atoms with Crippen molar-refractivity contribution in [2.45, 2.75) is 25.7 Å². The molecule has 0 amide bonds. The van der Waals surface area contributed by atoms with Gasteiger partial charge in [-0.15, -0.1) is 0 Å². The number of rotatable bonds is 3. The summed E-state index contributed by atoms with van der Waals surface area (Å²) < 4.78 is 0. The molecule has 150 valence electrons. The Balaban J connectivity index is 1.53. The van der Waals surface area contributed by atoms with Gasteiger partial charge < -0.3 is 0 Å². The van der Waals surface area contributed by atoms with E-state index in [9.17, 15) is 0 Å². The van der Waals surface area contributed by atoms with Crippen LogP contribution in [-0.2, 0) is 6.42 Å². The summed E-state index contributed by atoms with van der Waals surface area (Å²) in [5.41, 5.74) is 13.9. The van der Waals surface area contributed by atoms with Crippen LogP contribution in [-0.4, -0.2) is 0 Å². The van der Waals surface area contributed by atoms with E-state index in [1.807, 2.05) is 12.1 Å². The monoisotopic (exact) mass is 418 g/mol. The first-order valence-corrected chi connectivity index (χ1v) is 11.4. The van der Waals surface area contributed by atoms with Gasteiger partial charge in [-0.2, -0.15) is 0 Å². The van der Waals surface area contributed by atoms with Gasteiger partial charge in [0.25, 0.3) is 0 Å². The number of fused-ring (bicyclic) bond motifs is 4. The van der Waals surface area contributed by atoms with Crippen LogP contribution in [0.2, 0.25) is 5.02 Å². The third-order valence-corrected chi connectivity index (χ3v) is 7.13. The van der Waals surface area contributed by atoms with E-state index in [-0.39, 0.29) is 0 Å². The first-order chi connectivity index (χ1) is 15.2. The zero-order chi connectivity index (χ0) is 20.9. The maximum Gasteiger partial charge on any atom is 0.0412 e. The van der Waals surface area contributed by atoms with Gasteiger partial charge in [0.15, 0.2) is 0 Å². The molecule has 0 fully saturated rings. The molecule has 0 aromatic heterocycles. The normalized spacial score (nSPS) is 15.9. The van der Waals surface area contributed by atoms with Crippen LogP contribution in [0.3, 0.4) is 0 Å². The Morgan fingerprint density at radius 2 is 1.52 bits per heavy atom. The molecule has 4 aromatic carbocycles. The van der Waals surface area contributed by atoms with Crippen LogP contribution in [0.1, 0.15) is 47.1 Å². The third kappa shape index (κ3) is 2.90. The van der Waals surface area contributed by atoms with Crippen molar-refractivity contribution in [2.75, 3.05) is 0 Å². The highest BCUT2D eigenvalue weighted by Crippen LogP contribution is 2.49. The molecular formula is C30H23Cl. The average molecular weight is 419 g/mol. The molecule has 1 heteroatoms. The Kier molecular flexibility index (Phi) is 4.37. The van der Waals surface area contributed by atoms with E-state index in [0.717, 1.165) is 17.9 Å². The first kappa shape index (κ1) is 18.7. The molecule has 0 aliphatic heterocycles. The summed E-state index contributed by atoms with van der Waals surface area (Å²) in [5, 5.41) is 0.781. The van der Waals surface area contributed by atoms with Crippen molar-refractivity contribution >= 4 is 17.7 Å². The van der Waals surface area contributed by atoms with Gasteiger partial charge in [-0.1, -0.05) is 103 Å². The lowest BCUT2D eigenvalue weighted by Gasteiger charge is -2.21. The summed E-state index contributed by atoms with van der Waals surface area (Å²) in [5.74, 6) is 0.323. The predicted molar refractivity (Wildman–Crippen MR) is 132 cm³/mol. The molecule has 6 rings (SSSR count). The van der Waals surface area contributed by atoms with Crippen LogP contribution in [0.25, 0.3) is 28.3 Å². The van der Waals surface area contributed by atoms with Crippen LogP contribution in [0.5, 0.6) is 0 Å². The second kappa shape index (κ2) is 7.25. The molecule has 0 saturated carbocycles. The summed E-state index contributed by atoms with van der Waals surface area (Å²) in [6, 6.07) is 30.7. The highest BCUT2D eigenvalue weighted by molar-refractivity contribution is 6.30. The van der Waals surface area contributed by atoms with Crippen LogP contribution >= 0.6 is 11.6 Å². The van der Waals surface area contributed by atoms with Crippen molar-refractivity contribution in [3.63, 3.8) is 0 Å². The highest BCUT2D eigenvalue weighted by Gasteiger charge is 2.31. The lowest BCUT2D eigenvalue weighted by molar-refractivity contribution is 0.895. The fourth-order valence-corrected chi connectivity index (χ4v) is 5.69. The maximum atomic E-state index is 6.32. The van der Waals surface area contributed by atoms with E-state index in [1.54, 1.807) is 0 Å². The minimum Gasteiger partial charge on any atom is -0.0843 e. The summed E-state index contributed by atoms with van der Waals surface area (Å²) in [6.07, 6.45) is 4.50. The summed E-state index contributed by atoms with van der Waals surface area (Å²) in [6.45, 7) is 2.28. The van der Waals surface area contributed by atoms with Crippen LogP contribution < -0.4 is 0 Å². The minimum atomic E-state index is 0.323. The molecule has 2 aliphatic carbocycles. The van der Waals surface area contributed by atoms with Crippen LogP contribution in [0.4, 0.5) is 0 Å². The number of hydrogen-bond acceptors (Lipinski definition) is 0. The molecule has 0 spiro atoms. The predicted octanol–water partition coefficient (Wildman–Crippen LogP) is 8.52. The second-order valence-electron chi connectivity index (χ2n) is 8.53. The van der Waals surface area contributed by atoms with E-state index in [0.29, 0.717) is 5.92 Å². The van der Waals surface area contributed by atoms with Gasteiger partial charge in [-0.25, -0.2) is 0 Å². The molecule has 1 unspecified atom stereocenters. The topological polar surface area (TPSA) is 0 Å². The van der Waals surface area contributed by atoms with Crippen molar-refractivity contribution < 1.29 is 0 Å². The molecule has 31 heavy (non-hydrogen) atoms. The molecule has 0 saturated heterocycles. The standard InChI is InChI=1S/C30H23Cl/c1-2-19-17-28-24(20-9-5-10-22(31)16-20)12-6-14-26(28)30(19)27-15-7-13-25-23-11-4-3-8-21(23)18-29(25)27/h3-17,30H,2,18H2,1H3. The summed E-state index contributed by atoms with van der Waals surface area (Å²) in [4.78, 5) is 0. The number of hydrogen-bond donors (Lipinski definition) is 0.